The van der Waals surface area contributed by atoms with E-state index in [0.29, 0.717) is 28.6 Å². The number of carbonyl (C=O) groups is 1. The number of hydrogen-bond acceptors (Lipinski definition) is 1. The summed E-state index contributed by atoms with van der Waals surface area (Å²) >= 11 is 3.67. The summed E-state index contributed by atoms with van der Waals surface area (Å²) in [4.78, 5) is 12.7. The van der Waals surface area contributed by atoms with Crippen molar-refractivity contribution in [2.75, 3.05) is 0 Å². The number of halogens is 1. The van der Waals surface area contributed by atoms with Crippen LogP contribution < -0.4 is 5.32 Å². The third-order valence-electron chi connectivity index (χ3n) is 4.83. The van der Waals surface area contributed by atoms with Gasteiger partial charge < -0.3 is 5.32 Å². The van der Waals surface area contributed by atoms with Crippen LogP contribution >= 0.6 is 15.9 Å². The van der Waals surface area contributed by atoms with Crippen LogP contribution in [0.3, 0.4) is 0 Å². The van der Waals surface area contributed by atoms with Crippen LogP contribution in [-0.2, 0) is 4.79 Å². The SMILES string of the molecule is O=C(NC1CCCC1Br)C1CC2CCC1C2. The Labute approximate surface area is 106 Å². The van der Waals surface area contributed by atoms with E-state index in [1.54, 1.807) is 0 Å². The molecule has 3 saturated carbocycles. The Bertz CT molecular complexity index is 294. The van der Waals surface area contributed by atoms with Gasteiger partial charge in [0.2, 0.25) is 5.91 Å². The fourth-order valence-electron chi connectivity index (χ4n) is 3.93. The number of alkyl halides is 1. The highest BCUT2D eigenvalue weighted by molar-refractivity contribution is 9.09. The van der Waals surface area contributed by atoms with E-state index in [1.807, 2.05) is 0 Å². The van der Waals surface area contributed by atoms with Crippen molar-refractivity contribution < 1.29 is 4.79 Å². The summed E-state index contributed by atoms with van der Waals surface area (Å²) in [6, 6.07) is 0.395. The Hall–Kier alpha value is -0.0500. The first-order valence-electron chi connectivity index (χ1n) is 6.68. The Morgan fingerprint density at radius 2 is 2.00 bits per heavy atom. The molecule has 3 heteroatoms. The smallest absolute Gasteiger partial charge is 0.223 e. The van der Waals surface area contributed by atoms with Gasteiger partial charge >= 0.3 is 0 Å². The van der Waals surface area contributed by atoms with Crippen molar-refractivity contribution in [2.24, 2.45) is 17.8 Å². The van der Waals surface area contributed by atoms with Gasteiger partial charge in [0.25, 0.3) is 0 Å². The lowest BCUT2D eigenvalue weighted by Crippen LogP contribution is -2.42. The zero-order valence-corrected chi connectivity index (χ0v) is 11.2. The van der Waals surface area contributed by atoms with E-state index in [9.17, 15) is 4.79 Å². The highest BCUT2D eigenvalue weighted by atomic mass is 79.9. The van der Waals surface area contributed by atoms with Gasteiger partial charge in [-0.25, -0.2) is 0 Å². The molecule has 1 amide bonds. The van der Waals surface area contributed by atoms with E-state index in [1.165, 1.54) is 32.1 Å². The molecule has 0 aromatic carbocycles. The maximum absolute atomic E-state index is 12.2. The first-order valence-corrected chi connectivity index (χ1v) is 7.60. The molecule has 0 aromatic heterocycles. The van der Waals surface area contributed by atoms with Crippen LogP contribution in [-0.4, -0.2) is 16.8 Å². The second-order valence-electron chi connectivity index (χ2n) is 5.84. The normalized spacial score (nSPS) is 46.2. The molecule has 5 atom stereocenters. The second kappa shape index (κ2) is 4.32. The van der Waals surface area contributed by atoms with Crippen molar-refractivity contribution in [3.05, 3.63) is 0 Å². The van der Waals surface area contributed by atoms with Gasteiger partial charge in [-0.1, -0.05) is 28.8 Å². The van der Waals surface area contributed by atoms with Gasteiger partial charge in [-0.15, -0.1) is 0 Å². The van der Waals surface area contributed by atoms with E-state index >= 15 is 0 Å². The van der Waals surface area contributed by atoms with Gasteiger partial charge in [0.1, 0.15) is 0 Å². The summed E-state index contributed by atoms with van der Waals surface area (Å²) in [5.41, 5.74) is 0. The molecule has 0 saturated heterocycles. The molecule has 1 N–H and O–H groups in total. The maximum Gasteiger partial charge on any atom is 0.223 e. The minimum absolute atomic E-state index is 0.346. The Balaban J connectivity index is 1.57. The van der Waals surface area contributed by atoms with Gasteiger partial charge in [-0.3, -0.25) is 4.79 Å². The zero-order valence-electron chi connectivity index (χ0n) is 9.62. The summed E-state index contributed by atoms with van der Waals surface area (Å²) in [5.74, 6) is 2.27. The Kier molecular flexibility index (Phi) is 2.99. The molecule has 16 heavy (non-hydrogen) atoms. The van der Waals surface area contributed by atoms with Crippen molar-refractivity contribution >= 4 is 21.8 Å². The third kappa shape index (κ3) is 1.92. The highest BCUT2D eigenvalue weighted by Gasteiger charge is 2.43. The van der Waals surface area contributed by atoms with Crippen LogP contribution in [0.1, 0.15) is 44.9 Å². The van der Waals surface area contributed by atoms with Crippen molar-refractivity contribution in [2.45, 2.75) is 55.8 Å². The van der Waals surface area contributed by atoms with E-state index in [-0.39, 0.29) is 0 Å². The fraction of sp³-hybridized carbons (Fsp3) is 0.923. The van der Waals surface area contributed by atoms with Crippen molar-refractivity contribution in [3.63, 3.8) is 0 Å². The number of amides is 1. The predicted octanol–water partition coefficient (Wildman–Crippen LogP) is 2.85. The van der Waals surface area contributed by atoms with E-state index in [0.717, 1.165) is 18.8 Å². The lowest BCUT2D eigenvalue weighted by molar-refractivity contribution is -0.127. The summed E-state index contributed by atoms with van der Waals surface area (Å²) in [6.07, 6.45) is 8.77. The molecule has 0 heterocycles. The standard InChI is InChI=1S/C13H20BrNO/c14-11-2-1-3-12(11)15-13(16)10-7-8-4-5-9(10)6-8/h8-12H,1-7H2,(H,15,16). The van der Waals surface area contributed by atoms with E-state index < -0.39 is 0 Å². The zero-order chi connectivity index (χ0) is 11.1. The van der Waals surface area contributed by atoms with Gasteiger partial charge in [0.15, 0.2) is 0 Å². The lowest BCUT2D eigenvalue weighted by atomic mass is 9.88. The van der Waals surface area contributed by atoms with Crippen LogP contribution in [0, 0.1) is 17.8 Å². The van der Waals surface area contributed by atoms with Crippen molar-refractivity contribution in [3.8, 4) is 0 Å². The van der Waals surface area contributed by atoms with Crippen LogP contribution in [0.15, 0.2) is 0 Å². The minimum atomic E-state index is 0.346. The lowest BCUT2D eigenvalue weighted by Gasteiger charge is -2.24. The quantitative estimate of drug-likeness (QED) is 0.777. The van der Waals surface area contributed by atoms with Crippen LogP contribution in [0.5, 0.6) is 0 Å². The van der Waals surface area contributed by atoms with Gasteiger partial charge in [-0.2, -0.15) is 0 Å². The third-order valence-corrected chi connectivity index (χ3v) is 5.93. The van der Waals surface area contributed by atoms with Gasteiger partial charge in [0.05, 0.1) is 0 Å². The largest absolute Gasteiger partial charge is 0.352 e. The summed E-state index contributed by atoms with van der Waals surface area (Å²) < 4.78 is 0. The molecule has 0 spiro atoms. The first-order chi connectivity index (χ1) is 7.74. The van der Waals surface area contributed by atoms with Gasteiger partial charge in [-0.05, 0) is 43.9 Å². The van der Waals surface area contributed by atoms with Crippen molar-refractivity contribution in [1.82, 2.24) is 5.32 Å². The topological polar surface area (TPSA) is 29.1 Å². The summed E-state index contributed by atoms with van der Waals surface area (Å²) in [6.45, 7) is 0. The van der Waals surface area contributed by atoms with E-state index in [2.05, 4.69) is 21.2 Å². The Morgan fingerprint density at radius 3 is 2.56 bits per heavy atom. The number of hydrogen-bond donors (Lipinski definition) is 1. The number of carbonyl (C=O) groups excluding carboxylic acids is 1. The first kappa shape index (κ1) is 11.1. The maximum atomic E-state index is 12.2. The van der Waals surface area contributed by atoms with E-state index in [4.69, 9.17) is 0 Å². The van der Waals surface area contributed by atoms with Crippen LogP contribution in [0.4, 0.5) is 0 Å². The molecule has 0 aliphatic heterocycles. The average molecular weight is 286 g/mol. The molecular weight excluding hydrogens is 266 g/mol. The minimum Gasteiger partial charge on any atom is -0.352 e. The van der Waals surface area contributed by atoms with Crippen LogP contribution in [0.25, 0.3) is 0 Å². The molecule has 2 nitrogen and oxygen atoms in total. The molecule has 0 aromatic rings. The number of rotatable bonds is 2. The summed E-state index contributed by atoms with van der Waals surface area (Å²) in [5, 5.41) is 3.27. The molecule has 0 radical (unpaired) electrons. The predicted molar refractivity (Wildman–Crippen MR) is 67.4 cm³/mol. The molecular formula is C13H20BrNO. The molecule has 3 aliphatic rings. The molecule has 5 unspecified atom stereocenters. The fourth-order valence-corrected chi connectivity index (χ4v) is 4.65. The van der Waals surface area contributed by atoms with Gasteiger partial charge in [0, 0.05) is 16.8 Å². The molecule has 90 valence electrons. The average Bonchev–Trinajstić information content (AvgIpc) is 2.95. The Morgan fingerprint density at radius 1 is 1.12 bits per heavy atom. The number of fused-ring (bicyclic) bond motifs is 2. The highest BCUT2D eigenvalue weighted by Crippen LogP contribution is 2.48. The molecule has 2 bridgehead atoms. The molecule has 3 rings (SSSR count). The van der Waals surface area contributed by atoms with Crippen molar-refractivity contribution in [1.29, 1.82) is 0 Å². The molecule has 3 fully saturated rings. The second-order valence-corrected chi connectivity index (χ2v) is 7.02. The summed E-state index contributed by atoms with van der Waals surface area (Å²) in [7, 11) is 0. The molecule has 3 aliphatic carbocycles. The number of nitrogens with one attached hydrogen (secondary N) is 1. The monoisotopic (exact) mass is 285 g/mol. The van der Waals surface area contributed by atoms with Crippen LogP contribution in [0.2, 0.25) is 0 Å².